The molecule has 14 N–H and O–H groups in total. The van der Waals surface area contributed by atoms with E-state index in [4.69, 9.17) is 36.1 Å². The molecular formula is C23H42N4O12. The minimum atomic E-state index is -1.55. The highest BCUT2D eigenvalue weighted by molar-refractivity contribution is 5.80. The summed E-state index contributed by atoms with van der Waals surface area (Å²) in [5, 5.41) is 74.6. The van der Waals surface area contributed by atoms with Crippen LogP contribution in [0.2, 0.25) is 0 Å². The number of hydrogen-bond donors (Lipinski definition) is 11. The Morgan fingerprint density at radius 2 is 1.64 bits per heavy atom. The quantitative estimate of drug-likeness (QED) is 0.110. The Kier molecular flexibility index (Phi) is 11.2. The molecule has 0 aromatic carbocycles. The summed E-state index contributed by atoms with van der Waals surface area (Å²) in [5.74, 6) is -0.801. The van der Waals surface area contributed by atoms with E-state index in [0.717, 1.165) is 0 Å². The molecule has 16 nitrogen and oxygen atoms in total. The molecule has 2 saturated heterocycles. The summed E-state index contributed by atoms with van der Waals surface area (Å²) in [4.78, 5) is 12.4. The van der Waals surface area contributed by atoms with Gasteiger partial charge in [0.25, 0.3) is 0 Å². The summed E-state index contributed by atoms with van der Waals surface area (Å²) >= 11 is 0. The van der Waals surface area contributed by atoms with Crippen LogP contribution in [0, 0.1) is 0 Å². The molecule has 0 aromatic rings. The molecule has 3 aliphatic rings. The third-order valence-corrected chi connectivity index (χ3v) is 7.31. The second-order valence-electron chi connectivity index (χ2n) is 10.3. The molecule has 0 spiro atoms. The van der Waals surface area contributed by atoms with Crippen molar-refractivity contribution in [3.05, 3.63) is 12.2 Å². The van der Waals surface area contributed by atoms with Gasteiger partial charge in [-0.1, -0.05) is 6.58 Å². The molecule has 226 valence electrons. The Labute approximate surface area is 225 Å². The largest absolute Gasteiger partial charge is 0.394 e. The van der Waals surface area contributed by atoms with Crippen molar-refractivity contribution < 1.29 is 59.5 Å². The van der Waals surface area contributed by atoms with Crippen LogP contribution in [0.25, 0.3) is 0 Å². The third-order valence-electron chi connectivity index (χ3n) is 7.31. The Hall–Kier alpha value is -1.35. The van der Waals surface area contributed by atoms with Crippen molar-refractivity contribution >= 4 is 5.91 Å². The number of aliphatic hydroxyl groups excluding tert-OH is 7. The zero-order valence-electron chi connectivity index (χ0n) is 21.6. The number of amides is 1. The van der Waals surface area contributed by atoms with Crippen molar-refractivity contribution in [2.75, 3.05) is 13.2 Å². The predicted molar refractivity (Wildman–Crippen MR) is 131 cm³/mol. The van der Waals surface area contributed by atoms with Crippen LogP contribution in [0.1, 0.15) is 19.8 Å². The van der Waals surface area contributed by atoms with Gasteiger partial charge in [-0.3, -0.25) is 4.79 Å². The van der Waals surface area contributed by atoms with Crippen LogP contribution < -0.4 is 22.5 Å². The lowest BCUT2D eigenvalue weighted by molar-refractivity contribution is -0.310. The van der Waals surface area contributed by atoms with Crippen LogP contribution in [0.15, 0.2) is 12.2 Å². The molecule has 2 heterocycles. The topological polar surface area (TPSA) is 286 Å². The molecule has 16 heteroatoms. The van der Waals surface area contributed by atoms with Gasteiger partial charge in [0.15, 0.2) is 12.6 Å². The first-order valence-corrected chi connectivity index (χ1v) is 12.8. The van der Waals surface area contributed by atoms with Gasteiger partial charge in [0.1, 0.15) is 61.0 Å². The van der Waals surface area contributed by atoms with Crippen LogP contribution >= 0.6 is 0 Å². The summed E-state index contributed by atoms with van der Waals surface area (Å²) in [5.41, 5.74) is 18.2. The fourth-order valence-corrected chi connectivity index (χ4v) is 4.98. The van der Waals surface area contributed by atoms with Gasteiger partial charge in [0.2, 0.25) is 5.91 Å². The van der Waals surface area contributed by atoms with E-state index < -0.39 is 104 Å². The molecule has 1 amide bonds. The van der Waals surface area contributed by atoms with E-state index in [9.17, 15) is 40.5 Å². The first-order valence-electron chi connectivity index (χ1n) is 12.8. The van der Waals surface area contributed by atoms with Crippen molar-refractivity contribution in [1.29, 1.82) is 0 Å². The predicted octanol–water partition coefficient (Wildman–Crippen LogP) is -6.17. The lowest BCUT2D eigenvalue weighted by Crippen LogP contribution is -2.69. The molecule has 1 saturated carbocycles. The van der Waals surface area contributed by atoms with Crippen LogP contribution in [-0.4, -0.2) is 147 Å². The van der Waals surface area contributed by atoms with E-state index in [1.165, 1.54) is 0 Å². The molecule has 0 bridgehead atoms. The highest BCUT2D eigenvalue weighted by atomic mass is 16.7. The highest BCUT2D eigenvalue weighted by Crippen LogP contribution is 2.33. The standard InChI is InChI=1S/C23H42N4O12/c1-7(2)18-16(33)17(34)23(37-18)39-20-13(30)9(27-21(35)10(29)3-4-24)5-8(25)19(20)38-22-12(26)15(32)14(31)11(6-28)36-22/h8-20,22-23,28-34H,1,3-6,24-26H2,2H3,(H,27,35)/t8?,9-,10+,11?,12?,13?,14-,15?,16?,17?,18-,19-,20?,22-,23+/m1/s1. The van der Waals surface area contributed by atoms with Gasteiger partial charge in [0.05, 0.1) is 18.7 Å². The Morgan fingerprint density at radius 1 is 1.00 bits per heavy atom. The van der Waals surface area contributed by atoms with E-state index in [0.29, 0.717) is 5.57 Å². The maximum absolute atomic E-state index is 12.4. The number of carbonyl (C=O) groups excluding carboxylic acids is 1. The smallest absolute Gasteiger partial charge is 0.249 e. The zero-order valence-corrected chi connectivity index (χ0v) is 21.6. The normalized spacial score (nSPS) is 45.6. The van der Waals surface area contributed by atoms with Crippen LogP contribution in [0.3, 0.4) is 0 Å². The number of rotatable bonds is 10. The minimum absolute atomic E-state index is 0.0221. The van der Waals surface area contributed by atoms with Crippen LogP contribution in [0.4, 0.5) is 0 Å². The van der Waals surface area contributed by atoms with Crippen molar-refractivity contribution in [3.8, 4) is 0 Å². The Bertz CT molecular complexity index is 839. The zero-order chi connectivity index (χ0) is 29.2. The molecule has 3 rings (SSSR count). The number of aliphatic hydroxyl groups is 7. The van der Waals surface area contributed by atoms with Gasteiger partial charge in [-0.05, 0) is 31.9 Å². The average Bonchev–Trinajstić information content (AvgIpc) is 3.17. The van der Waals surface area contributed by atoms with Gasteiger partial charge < -0.3 is 77.2 Å². The van der Waals surface area contributed by atoms with Crippen molar-refractivity contribution in [3.63, 3.8) is 0 Å². The number of nitrogens with one attached hydrogen (secondary N) is 1. The van der Waals surface area contributed by atoms with Gasteiger partial charge in [-0.2, -0.15) is 0 Å². The number of ether oxygens (including phenoxy) is 4. The van der Waals surface area contributed by atoms with E-state index in [1.807, 2.05) is 0 Å². The first kappa shape index (κ1) is 32.2. The summed E-state index contributed by atoms with van der Waals surface area (Å²) in [6.45, 7) is 4.68. The first-order chi connectivity index (χ1) is 18.3. The summed E-state index contributed by atoms with van der Waals surface area (Å²) < 4.78 is 23.0. The Morgan fingerprint density at radius 3 is 2.21 bits per heavy atom. The summed E-state index contributed by atoms with van der Waals surface area (Å²) in [7, 11) is 0. The molecule has 15 atom stereocenters. The SMILES string of the molecule is C=C(C)[C@H]1O[C@@H](OC2C(O)[C@H](NC(=O)[C@@H](O)CCN)CC(N)[C@H]2O[C@H]2OC(CO)[C@@H](O)C(O)C2N)C(O)C1O. The lowest BCUT2D eigenvalue weighted by Gasteiger charge is -2.47. The third kappa shape index (κ3) is 6.94. The van der Waals surface area contributed by atoms with Crippen molar-refractivity contribution in [2.24, 2.45) is 17.2 Å². The molecule has 39 heavy (non-hydrogen) atoms. The van der Waals surface area contributed by atoms with Crippen molar-refractivity contribution in [1.82, 2.24) is 5.32 Å². The van der Waals surface area contributed by atoms with Gasteiger partial charge >= 0.3 is 0 Å². The highest BCUT2D eigenvalue weighted by Gasteiger charge is 2.53. The fraction of sp³-hybridized carbons (Fsp3) is 0.870. The van der Waals surface area contributed by atoms with Gasteiger partial charge in [0, 0.05) is 6.04 Å². The fourth-order valence-electron chi connectivity index (χ4n) is 4.98. The number of carbonyl (C=O) groups is 1. The van der Waals surface area contributed by atoms with Gasteiger partial charge in [-0.25, -0.2) is 0 Å². The lowest BCUT2D eigenvalue weighted by atomic mass is 9.83. The maximum Gasteiger partial charge on any atom is 0.249 e. The molecule has 3 fully saturated rings. The summed E-state index contributed by atoms with van der Waals surface area (Å²) in [6, 6.07) is -3.33. The van der Waals surface area contributed by atoms with E-state index in [1.54, 1.807) is 6.92 Å². The maximum atomic E-state index is 12.4. The monoisotopic (exact) mass is 566 g/mol. The second-order valence-corrected chi connectivity index (χ2v) is 10.3. The van der Waals surface area contributed by atoms with E-state index in [-0.39, 0.29) is 19.4 Å². The summed E-state index contributed by atoms with van der Waals surface area (Å²) in [6.07, 6.45) is -16.9. The molecule has 0 aromatic heterocycles. The van der Waals surface area contributed by atoms with Crippen LogP contribution in [0.5, 0.6) is 0 Å². The van der Waals surface area contributed by atoms with Crippen LogP contribution in [-0.2, 0) is 23.7 Å². The molecule has 2 aliphatic heterocycles. The average molecular weight is 567 g/mol. The molecule has 1 aliphatic carbocycles. The minimum Gasteiger partial charge on any atom is -0.394 e. The van der Waals surface area contributed by atoms with Gasteiger partial charge in [-0.15, -0.1) is 0 Å². The molecule has 0 radical (unpaired) electrons. The number of hydrogen-bond acceptors (Lipinski definition) is 15. The molecule has 8 unspecified atom stereocenters. The van der Waals surface area contributed by atoms with Crippen molar-refractivity contribution in [2.45, 2.75) is 112 Å². The molecular weight excluding hydrogens is 524 g/mol. The van der Waals surface area contributed by atoms with E-state index in [2.05, 4.69) is 11.9 Å². The number of nitrogens with two attached hydrogens (primary N) is 3. The second kappa shape index (κ2) is 13.5. The Balaban J connectivity index is 1.85. The van der Waals surface area contributed by atoms with E-state index >= 15 is 0 Å².